The molecule has 1 unspecified atom stereocenters. The number of aliphatic imine (C=N–C) groups is 1. The van der Waals surface area contributed by atoms with E-state index in [1.54, 1.807) is 43.5 Å². The zero-order chi connectivity index (χ0) is 21.3. The third-order valence-corrected chi connectivity index (χ3v) is 5.73. The van der Waals surface area contributed by atoms with Crippen LogP contribution in [0.1, 0.15) is 37.7 Å². The van der Waals surface area contributed by atoms with Crippen molar-refractivity contribution < 1.29 is 19.4 Å². The fourth-order valence-corrected chi connectivity index (χ4v) is 4.35. The molecular formula is C24H24N2O4. The number of aromatic hydroxyl groups is 1. The summed E-state index contributed by atoms with van der Waals surface area (Å²) >= 11 is 0. The molecule has 1 amide bonds. The summed E-state index contributed by atoms with van der Waals surface area (Å²) < 4.78 is 5.35. The van der Waals surface area contributed by atoms with Gasteiger partial charge in [0.2, 0.25) is 5.91 Å². The number of nitrogens with zero attached hydrogens (tertiary/aromatic N) is 1. The number of anilines is 1. The molecular weight excluding hydrogens is 380 g/mol. The van der Waals surface area contributed by atoms with Gasteiger partial charge in [0.1, 0.15) is 11.5 Å². The van der Waals surface area contributed by atoms with E-state index in [2.05, 4.69) is 10.3 Å². The lowest BCUT2D eigenvalue weighted by Crippen LogP contribution is -2.39. The van der Waals surface area contributed by atoms with E-state index >= 15 is 0 Å². The summed E-state index contributed by atoms with van der Waals surface area (Å²) in [6, 6.07) is 13.9. The van der Waals surface area contributed by atoms with Gasteiger partial charge < -0.3 is 15.2 Å². The number of carbonyl (C=O) groups excluding carboxylic acids is 2. The fraction of sp³-hybridized carbons (Fsp3) is 0.292. The van der Waals surface area contributed by atoms with E-state index in [9.17, 15) is 14.7 Å². The number of rotatable bonds is 4. The number of para-hydroxylation sites is 2. The maximum atomic E-state index is 13.4. The second kappa shape index (κ2) is 8.14. The van der Waals surface area contributed by atoms with Gasteiger partial charge in [-0.1, -0.05) is 24.3 Å². The van der Waals surface area contributed by atoms with Crippen LogP contribution in [0, 0.1) is 5.92 Å². The van der Waals surface area contributed by atoms with Gasteiger partial charge in [-0.15, -0.1) is 0 Å². The Hall–Kier alpha value is -3.41. The van der Waals surface area contributed by atoms with E-state index in [1.807, 2.05) is 19.1 Å². The van der Waals surface area contributed by atoms with Crippen LogP contribution in [-0.2, 0) is 9.59 Å². The molecule has 0 bridgehead atoms. The molecule has 0 saturated heterocycles. The van der Waals surface area contributed by atoms with E-state index in [-0.39, 0.29) is 17.4 Å². The number of phenols is 1. The predicted molar refractivity (Wildman–Crippen MR) is 115 cm³/mol. The molecule has 2 aromatic carbocycles. The lowest BCUT2D eigenvalue weighted by Gasteiger charge is -2.35. The summed E-state index contributed by atoms with van der Waals surface area (Å²) in [4.78, 5) is 31.0. The number of benzene rings is 2. The third kappa shape index (κ3) is 3.61. The zero-order valence-corrected chi connectivity index (χ0v) is 17.0. The Bertz CT molecular complexity index is 1050. The van der Waals surface area contributed by atoms with Crippen LogP contribution in [-0.4, -0.2) is 29.6 Å². The molecule has 1 aliphatic carbocycles. The van der Waals surface area contributed by atoms with Crippen LogP contribution in [0.4, 0.5) is 5.69 Å². The Morgan fingerprint density at radius 1 is 1.13 bits per heavy atom. The highest BCUT2D eigenvalue weighted by molar-refractivity contribution is 6.13. The van der Waals surface area contributed by atoms with E-state index in [1.165, 1.54) is 0 Å². The number of ether oxygens (including phenoxy) is 1. The van der Waals surface area contributed by atoms with Crippen LogP contribution < -0.4 is 10.1 Å². The first-order chi connectivity index (χ1) is 14.5. The Labute approximate surface area is 175 Å². The number of hydrogen-bond donors (Lipinski definition) is 2. The number of allylic oxidation sites excluding steroid dienone is 2. The number of methoxy groups -OCH3 is 1. The van der Waals surface area contributed by atoms with Crippen molar-refractivity contribution >= 4 is 23.1 Å². The highest BCUT2D eigenvalue weighted by Crippen LogP contribution is 2.44. The van der Waals surface area contributed by atoms with Crippen LogP contribution in [0.5, 0.6) is 11.5 Å². The monoisotopic (exact) mass is 404 g/mol. The second-order valence-corrected chi connectivity index (χ2v) is 7.63. The number of carbonyl (C=O) groups is 2. The number of ketones is 1. The Balaban J connectivity index is 1.77. The number of nitrogens with one attached hydrogen (secondary N) is 1. The molecule has 4 rings (SSSR count). The lowest BCUT2D eigenvalue weighted by molar-refractivity contribution is -0.119. The first kappa shape index (κ1) is 19.9. The molecule has 2 aliphatic rings. The Kier molecular flexibility index (Phi) is 5.40. The van der Waals surface area contributed by atoms with E-state index in [4.69, 9.17) is 4.74 Å². The number of phenolic OH excluding ortho intramolecular Hbond substituents is 1. The van der Waals surface area contributed by atoms with Gasteiger partial charge in [-0.3, -0.25) is 14.6 Å². The van der Waals surface area contributed by atoms with Gasteiger partial charge in [-0.2, -0.15) is 0 Å². The summed E-state index contributed by atoms with van der Waals surface area (Å²) in [7, 11) is 1.55. The summed E-state index contributed by atoms with van der Waals surface area (Å²) in [6.07, 6.45) is 1.96. The van der Waals surface area contributed by atoms with Gasteiger partial charge in [0.05, 0.1) is 18.7 Å². The molecule has 0 fully saturated rings. The maximum Gasteiger partial charge on any atom is 0.234 e. The van der Waals surface area contributed by atoms with Crippen LogP contribution >= 0.6 is 0 Å². The molecule has 154 valence electrons. The molecule has 2 aromatic rings. The first-order valence-corrected chi connectivity index (χ1v) is 10.0. The van der Waals surface area contributed by atoms with Crippen molar-refractivity contribution in [2.45, 2.75) is 32.1 Å². The molecule has 6 heteroatoms. The van der Waals surface area contributed by atoms with E-state index in [0.29, 0.717) is 29.1 Å². The smallest absolute Gasteiger partial charge is 0.234 e. The minimum Gasteiger partial charge on any atom is -0.508 e. The second-order valence-electron chi connectivity index (χ2n) is 7.63. The fourth-order valence-electron chi connectivity index (χ4n) is 4.35. The zero-order valence-electron chi connectivity index (χ0n) is 17.0. The summed E-state index contributed by atoms with van der Waals surface area (Å²) in [5.74, 6) is -0.587. The molecule has 0 spiro atoms. The standard InChI is InChI=1S/C24H24N2O4/c1-14-21(24(29)26-17-6-3-4-9-20(17)30-2)22(15-10-12-16(27)13-11-15)23-18(25-14)7-5-8-19(23)28/h3-4,6,9-13,21-22,27H,5,7-8H2,1-2H3,(H,26,29)/t21?,22-/m0/s1. The van der Waals surface area contributed by atoms with E-state index in [0.717, 1.165) is 24.1 Å². The van der Waals surface area contributed by atoms with Gasteiger partial charge in [0, 0.05) is 29.3 Å². The molecule has 2 N–H and O–H groups in total. The molecule has 0 radical (unpaired) electrons. The Morgan fingerprint density at radius 2 is 1.87 bits per heavy atom. The van der Waals surface area contributed by atoms with Crippen molar-refractivity contribution in [3.8, 4) is 11.5 Å². The minimum absolute atomic E-state index is 0.0423. The van der Waals surface area contributed by atoms with Crippen molar-refractivity contribution in [3.05, 3.63) is 65.4 Å². The van der Waals surface area contributed by atoms with Crippen molar-refractivity contribution in [1.29, 1.82) is 0 Å². The Morgan fingerprint density at radius 3 is 2.60 bits per heavy atom. The van der Waals surface area contributed by atoms with Gasteiger partial charge in [-0.25, -0.2) is 0 Å². The largest absolute Gasteiger partial charge is 0.508 e. The highest BCUT2D eigenvalue weighted by Gasteiger charge is 2.42. The van der Waals surface area contributed by atoms with Gasteiger partial charge >= 0.3 is 0 Å². The molecule has 2 atom stereocenters. The van der Waals surface area contributed by atoms with Crippen molar-refractivity contribution in [1.82, 2.24) is 0 Å². The van der Waals surface area contributed by atoms with Gasteiger partial charge in [0.15, 0.2) is 5.78 Å². The van der Waals surface area contributed by atoms with Crippen molar-refractivity contribution in [2.75, 3.05) is 12.4 Å². The lowest BCUT2D eigenvalue weighted by atomic mass is 9.71. The third-order valence-electron chi connectivity index (χ3n) is 5.73. The van der Waals surface area contributed by atoms with Gasteiger partial charge in [0.25, 0.3) is 0 Å². The minimum atomic E-state index is -0.639. The van der Waals surface area contributed by atoms with Crippen LogP contribution in [0.2, 0.25) is 0 Å². The molecule has 30 heavy (non-hydrogen) atoms. The number of amides is 1. The summed E-state index contributed by atoms with van der Waals surface area (Å²) in [6.45, 7) is 1.84. The maximum absolute atomic E-state index is 13.4. The summed E-state index contributed by atoms with van der Waals surface area (Å²) in [5, 5.41) is 12.7. The molecule has 0 aromatic heterocycles. The van der Waals surface area contributed by atoms with Crippen LogP contribution in [0.3, 0.4) is 0 Å². The molecule has 0 saturated carbocycles. The quantitative estimate of drug-likeness (QED) is 0.799. The average Bonchev–Trinajstić information content (AvgIpc) is 2.74. The number of hydrogen-bond acceptors (Lipinski definition) is 5. The highest BCUT2D eigenvalue weighted by atomic mass is 16.5. The molecule has 1 heterocycles. The van der Waals surface area contributed by atoms with Crippen molar-refractivity contribution in [2.24, 2.45) is 10.9 Å². The van der Waals surface area contributed by atoms with Crippen molar-refractivity contribution in [3.63, 3.8) is 0 Å². The topological polar surface area (TPSA) is 88.0 Å². The average molecular weight is 404 g/mol. The van der Waals surface area contributed by atoms with E-state index < -0.39 is 11.8 Å². The number of Topliss-reactive ketones (excluding diaryl/α,β-unsaturated/α-hetero) is 1. The normalized spacial score (nSPS) is 21.0. The molecule has 6 nitrogen and oxygen atoms in total. The summed E-state index contributed by atoms with van der Waals surface area (Å²) in [5.41, 5.74) is 3.46. The SMILES string of the molecule is COc1ccccc1NC(=O)C1C(C)=NC2=C(C(=O)CCC2)[C@H]1c1ccc(O)cc1. The first-order valence-electron chi connectivity index (χ1n) is 10.0. The predicted octanol–water partition coefficient (Wildman–Crippen LogP) is 4.22. The van der Waals surface area contributed by atoms with Crippen LogP contribution in [0.15, 0.2) is 64.8 Å². The van der Waals surface area contributed by atoms with Crippen LogP contribution in [0.25, 0.3) is 0 Å². The van der Waals surface area contributed by atoms with Gasteiger partial charge in [-0.05, 0) is 49.6 Å². The molecule has 1 aliphatic heterocycles.